The fraction of sp³-hybridized carbons (Fsp3) is 0.400. The first-order valence-electron chi connectivity index (χ1n) is 4.25. The lowest BCUT2D eigenvalue weighted by atomic mass is 9.91. The average molecular weight is 160 g/mol. The molecule has 0 spiro atoms. The molecule has 0 bridgehead atoms. The minimum Gasteiger partial charge on any atom is -0.193 e. The highest BCUT2D eigenvalue weighted by molar-refractivity contribution is 5.24. The zero-order chi connectivity index (χ0) is 8.44. The van der Waals surface area contributed by atoms with Crippen molar-refractivity contribution in [2.24, 2.45) is 10.2 Å². The molecule has 0 amide bonds. The summed E-state index contributed by atoms with van der Waals surface area (Å²) in [6.45, 7) is 3.00. The van der Waals surface area contributed by atoms with Gasteiger partial charge in [-0.2, -0.15) is 10.2 Å². The van der Waals surface area contributed by atoms with E-state index in [1.54, 1.807) is 0 Å². The fourth-order valence-corrected chi connectivity index (χ4v) is 1.52. The lowest BCUT2D eigenvalue weighted by Gasteiger charge is -2.18. The van der Waals surface area contributed by atoms with E-state index in [1.807, 2.05) is 6.07 Å². The fourth-order valence-electron chi connectivity index (χ4n) is 1.52. The van der Waals surface area contributed by atoms with Crippen LogP contribution in [0.1, 0.15) is 18.9 Å². The average Bonchev–Trinajstić information content (AvgIpc) is 2.55. The van der Waals surface area contributed by atoms with Crippen LogP contribution in [-0.2, 0) is 5.54 Å². The number of hydrogen-bond acceptors (Lipinski definition) is 2. The molecule has 0 aliphatic carbocycles. The largest absolute Gasteiger partial charge is 0.193 e. The van der Waals surface area contributed by atoms with Gasteiger partial charge >= 0.3 is 0 Å². The van der Waals surface area contributed by atoms with Gasteiger partial charge in [0.15, 0.2) is 0 Å². The molecular weight excluding hydrogens is 148 g/mol. The van der Waals surface area contributed by atoms with Crippen molar-refractivity contribution in [1.82, 2.24) is 0 Å². The zero-order valence-electron chi connectivity index (χ0n) is 7.20. The van der Waals surface area contributed by atoms with Crippen molar-refractivity contribution in [2.45, 2.75) is 18.9 Å². The summed E-state index contributed by atoms with van der Waals surface area (Å²) in [6.07, 6.45) is 1.04. The van der Waals surface area contributed by atoms with Crippen molar-refractivity contribution in [3.05, 3.63) is 35.9 Å². The van der Waals surface area contributed by atoms with Gasteiger partial charge in [0.05, 0.1) is 6.54 Å². The van der Waals surface area contributed by atoms with Crippen LogP contribution in [0.4, 0.5) is 0 Å². The van der Waals surface area contributed by atoms with Crippen LogP contribution < -0.4 is 0 Å². The molecule has 0 saturated carbocycles. The molecule has 0 fully saturated rings. The summed E-state index contributed by atoms with van der Waals surface area (Å²) in [5.41, 5.74) is 1.22. The molecule has 2 nitrogen and oxygen atoms in total. The Morgan fingerprint density at radius 2 is 2.00 bits per heavy atom. The highest BCUT2D eigenvalue weighted by Crippen LogP contribution is 2.32. The molecule has 62 valence electrons. The van der Waals surface area contributed by atoms with E-state index >= 15 is 0 Å². The van der Waals surface area contributed by atoms with E-state index in [1.165, 1.54) is 5.56 Å². The Balaban J connectivity index is 2.36. The standard InChI is InChI=1S/C10H12N2/c1-10(7-8-11-12-10)9-5-3-2-4-6-9/h2-6H,7-8H2,1H3. The lowest BCUT2D eigenvalue weighted by Crippen LogP contribution is -2.15. The second kappa shape index (κ2) is 2.70. The molecule has 1 heterocycles. The smallest absolute Gasteiger partial charge is 0.105 e. The van der Waals surface area contributed by atoms with Crippen molar-refractivity contribution in [2.75, 3.05) is 6.54 Å². The molecular formula is C10H12N2. The predicted octanol–water partition coefficient (Wildman–Crippen LogP) is 2.76. The monoisotopic (exact) mass is 160 g/mol. The van der Waals surface area contributed by atoms with E-state index < -0.39 is 0 Å². The molecule has 0 N–H and O–H groups in total. The van der Waals surface area contributed by atoms with Crippen molar-refractivity contribution >= 4 is 0 Å². The Bertz CT molecular complexity index is 292. The molecule has 1 aliphatic rings. The summed E-state index contributed by atoms with van der Waals surface area (Å²) in [5, 5.41) is 8.30. The van der Waals surface area contributed by atoms with E-state index in [0.717, 1.165) is 13.0 Å². The van der Waals surface area contributed by atoms with Crippen molar-refractivity contribution in [3.63, 3.8) is 0 Å². The molecule has 1 aromatic rings. The summed E-state index contributed by atoms with van der Waals surface area (Å²) in [6, 6.07) is 10.4. The summed E-state index contributed by atoms with van der Waals surface area (Å²) in [7, 11) is 0. The van der Waals surface area contributed by atoms with Crippen LogP contribution in [0.25, 0.3) is 0 Å². The topological polar surface area (TPSA) is 24.7 Å². The van der Waals surface area contributed by atoms with Gasteiger partial charge in [-0.3, -0.25) is 0 Å². The second-order valence-electron chi connectivity index (χ2n) is 3.35. The van der Waals surface area contributed by atoms with Gasteiger partial charge < -0.3 is 0 Å². The molecule has 1 aromatic carbocycles. The Morgan fingerprint density at radius 1 is 1.25 bits per heavy atom. The lowest BCUT2D eigenvalue weighted by molar-refractivity contribution is 0.505. The van der Waals surface area contributed by atoms with E-state index in [2.05, 4.69) is 41.4 Å². The Hall–Kier alpha value is -1.18. The molecule has 0 radical (unpaired) electrons. The van der Waals surface area contributed by atoms with E-state index in [0.29, 0.717) is 0 Å². The van der Waals surface area contributed by atoms with E-state index in [-0.39, 0.29) is 5.54 Å². The number of benzene rings is 1. The first kappa shape index (κ1) is 7.47. The van der Waals surface area contributed by atoms with Crippen LogP contribution in [0.15, 0.2) is 40.6 Å². The van der Waals surface area contributed by atoms with Crippen molar-refractivity contribution in [3.8, 4) is 0 Å². The van der Waals surface area contributed by atoms with Gasteiger partial charge in [0.2, 0.25) is 0 Å². The molecule has 2 rings (SSSR count). The third kappa shape index (κ3) is 1.13. The van der Waals surface area contributed by atoms with Crippen molar-refractivity contribution in [1.29, 1.82) is 0 Å². The normalized spacial score (nSPS) is 27.8. The molecule has 1 aliphatic heterocycles. The molecule has 0 aromatic heterocycles. The van der Waals surface area contributed by atoms with E-state index in [9.17, 15) is 0 Å². The van der Waals surface area contributed by atoms with Gasteiger partial charge in [0.25, 0.3) is 0 Å². The van der Waals surface area contributed by atoms with Gasteiger partial charge in [-0.15, -0.1) is 0 Å². The molecule has 2 heteroatoms. The number of azo groups is 1. The maximum Gasteiger partial charge on any atom is 0.105 e. The van der Waals surface area contributed by atoms with Crippen LogP contribution in [0.2, 0.25) is 0 Å². The number of nitrogens with zero attached hydrogens (tertiary/aromatic N) is 2. The third-order valence-corrected chi connectivity index (χ3v) is 2.39. The molecule has 1 unspecified atom stereocenters. The second-order valence-corrected chi connectivity index (χ2v) is 3.35. The highest BCUT2D eigenvalue weighted by Gasteiger charge is 2.28. The Kier molecular flexibility index (Phi) is 1.68. The number of rotatable bonds is 1. The zero-order valence-corrected chi connectivity index (χ0v) is 7.20. The maximum absolute atomic E-state index is 4.26. The quantitative estimate of drug-likeness (QED) is 0.603. The van der Waals surface area contributed by atoms with Crippen LogP contribution in [0.3, 0.4) is 0 Å². The minimum absolute atomic E-state index is 0.0543. The summed E-state index contributed by atoms with van der Waals surface area (Å²) >= 11 is 0. The van der Waals surface area contributed by atoms with Crippen molar-refractivity contribution < 1.29 is 0 Å². The van der Waals surface area contributed by atoms with E-state index in [4.69, 9.17) is 0 Å². The summed E-state index contributed by atoms with van der Waals surface area (Å²) in [4.78, 5) is 0. The molecule has 12 heavy (non-hydrogen) atoms. The van der Waals surface area contributed by atoms with Gasteiger partial charge in [-0.05, 0) is 18.9 Å². The van der Waals surface area contributed by atoms with Gasteiger partial charge in [0, 0.05) is 0 Å². The predicted molar refractivity (Wildman–Crippen MR) is 48.1 cm³/mol. The summed E-state index contributed by atoms with van der Waals surface area (Å²) in [5.74, 6) is 0. The first-order chi connectivity index (χ1) is 5.81. The summed E-state index contributed by atoms with van der Waals surface area (Å²) < 4.78 is 0. The van der Waals surface area contributed by atoms with Crippen LogP contribution in [-0.4, -0.2) is 6.54 Å². The van der Waals surface area contributed by atoms with Gasteiger partial charge in [-0.25, -0.2) is 0 Å². The highest BCUT2D eigenvalue weighted by atomic mass is 15.2. The SMILES string of the molecule is CC1(c2ccccc2)CCN=N1. The molecule has 1 atom stereocenters. The maximum atomic E-state index is 4.26. The van der Waals surface area contributed by atoms with Crippen LogP contribution in [0, 0.1) is 0 Å². The molecule has 0 saturated heterocycles. The third-order valence-electron chi connectivity index (χ3n) is 2.39. The Morgan fingerprint density at radius 3 is 2.58 bits per heavy atom. The van der Waals surface area contributed by atoms with Crippen LogP contribution >= 0.6 is 0 Å². The minimum atomic E-state index is -0.0543. The van der Waals surface area contributed by atoms with Gasteiger partial charge in [0.1, 0.15) is 5.54 Å². The number of hydrogen-bond donors (Lipinski definition) is 0. The first-order valence-corrected chi connectivity index (χ1v) is 4.25. The Labute approximate surface area is 72.3 Å². The van der Waals surface area contributed by atoms with Crippen LogP contribution in [0.5, 0.6) is 0 Å². The van der Waals surface area contributed by atoms with Gasteiger partial charge in [-0.1, -0.05) is 30.3 Å².